The van der Waals surface area contributed by atoms with Gasteiger partial charge >= 0.3 is 0 Å². The molecule has 0 unspecified atom stereocenters. The molecule has 0 aromatic heterocycles. The summed E-state index contributed by atoms with van der Waals surface area (Å²) in [5, 5.41) is 11.2. The zero-order valence-electron chi connectivity index (χ0n) is 41.1. The molecule has 0 atom stereocenters. The van der Waals surface area contributed by atoms with E-state index >= 15 is 0 Å². The van der Waals surface area contributed by atoms with Crippen LogP contribution in [0.3, 0.4) is 0 Å². The van der Waals surface area contributed by atoms with E-state index in [1.165, 1.54) is 112 Å². The van der Waals surface area contributed by atoms with Gasteiger partial charge in [-0.25, -0.2) is 0 Å². The third kappa shape index (κ3) is 8.10. The van der Waals surface area contributed by atoms with E-state index in [2.05, 4.69) is 281 Å². The largest absolute Gasteiger partial charge is 0.179 e. The van der Waals surface area contributed by atoms with Crippen LogP contribution in [-0.4, -0.2) is 16.1 Å². The van der Waals surface area contributed by atoms with Gasteiger partial charge in [0.1, 0.15) is 0 Å². The topological polar surface area (TPSA) is 0 Å². The molecule has 0 aliphatic heterocycles. The summed E-state index contributed by atoms with van der Waals surface area (Å²) >= 11 is 0. The molecule has 0 radical (unpaired) electrons. The first kappa shape index (κ1) is 46.0. The number of unbranched alkanes of at least 4 members (excludes halogenated alkanes) is 2. The molecular formula is C69H62Si2. The molecule has 346 valence electrons. The summed E-state index contributed by atoms with van der Waals surface area (Å²) in [6, 6.07) is 102. The zero-order chi connectivity index (χ0) is 48.1. The first-order chi connectivity index (χ1) is 35.1. The van der Waals surface area contributed by atoms with Gasteiger partial charge in [-0.15, -0.1) is 0 Å². The molecule has 71 heavy (non-hydrogen) atoms. The van der Waals surface area contributed by atoms with Crippen LogP contribution in [0.5, 0.6) is 0 Å². The van der Waals surface area contributed by atoms with Crippen molar-refractivity contribution in [3.63, 3.8) is 0 Å². The molecule has 10 aromatic rings. The summed E-state index contributed by atoms with van der Waals surface area (Å²) in [4.78, 5) is 0. The fraction of sp³-hybridized carbons (Fsp3) is 0.130. The van der Waals surface area contributed by atoms with E-state index < -0.39 is 16.1 Å². The van der Waals surface area contributed by atoms with Gasteiger partial charge in [0.05, 0.1) is 0 Å². The number of rotatable bonds is 16. The molecular weight excluding hydrogens is 885 g/mol. The first-order valence-corrected chi connectivity index (χ1v) is 30.0. The summed E-state index contributed by atoms with van der Waals surface area (Å²) < 4.78 is 0. The predicted octanol–water partition coefficient (Wildman–Crippen LogP) is 12.4. The standard InChI is InChI=1S/C69H62Si2/c1-3-5-49-69(50-6-4-2)67-51-55(53-37-43-63(44-38-53)70(57-25-13-7-14-26-57,58-27-15-8-16-28-58)59-29-17-9-18-30-59)41-47-65(67)66-48-42-56(52-68(66)69)54-39-45-64(46-40-54)71(60-31-19-10-20-32-60,61-33-21-11-22-34-61)62-35-23-12-24-36-62/h7-48,51-52H,3-6,49-50H2,1-2H3. The smallest absolute Gasteiger partial charge is 0.0654 e. The van der Waals surface area contributed by atoms with Crippen molar-refractivity contribution < 1.29 is 0 Å². The Kier molecular flexibility index (Phi) is 13.1. The lowest BCUT2D eigenvalue weighted by molar-refractivity contribution is 0.414. The van der Waals surface area contributed by atoms with Gasteiger partial charge < -0.3 is 0 Å². The van der Waals surface area contributed by atoms with Gasteiger partial charge in [0.15, 0.2) is 16.1 Å². The molecule has 0 saturated carbocycles. The van der Waals surface area contributed by atoms with E-state index in [4.69, 9.17) is 0 Å². The lowest BCUT2D eigenvalue weighted by Gasteiger charge is -2.34. The third-order valence-corrected chi connectivity index (χ3v) is 25.4. The Hall–Kier alpha value is -7.37. The third-order valence-electron chi connectivity index (χ3n) is 15.8. The van der Waals surface area contributed by atoms with Gasteiger partial charge in [0, 0.05) is 5.41 Å². The molecule has 1 aliphatic carbocycles. The fourth-order valence-electron chi connectivity index (χ4n) is 12.4. The van der Waals surface area contributed by atoms with Crippen LogP contribution in [0.25, 0.3) is 33.4 Å². The average Bonchev–Trinajstić information content (AvgIpc) is 3.72. The van der Waals surface area contributed by atoms with Crippen LogP contribution >= 0.6 is 0 Å². The number of hydrogen-bond donors (Lipinski definition) is 0. The van der Waals surface area contributed by atoms with Crippen molar-refractivity contribution in [3.05, 3.63) is 278 Å². The summed E-state index contributed by atoms with van der Waals surface area (Å²) in [6.07, 6.45) is 7.02. The molecule has 0 nitrogen and oxygen atoms in total. The van der Waals surface area contributed by atoms with Crippen molar-refractivity contribution in [2.45, 2.75) is 57.8 Å². The van der Waals surface area contributed by atoms with Crippen molar-refractivity contribution >= 4 is 57.6 Å². The van der Waals surface area contributed by atoms with E-state index in [1.54, 1.807) is 0 Å². The van der Waals surface area contributed by atoms with Gasteiger partial charge in [0.2, 0.25) is 0 Å². The van der Waals surface area contributed by atoms with Gasteiger partial charge in [0.25, 0.3) is 0 Å². The summed E-state index contributed by atoms with van der Waals surface area (Å²) in [5.41, 5.74) is 10.9. The lowest BCUT2D eigenvalue weighted by Crippen LogP contribution is -2.74. The zero-order valence-corrected chi connectivity index (χ0v) is 43.1. The second-order valence-electron chi connectivity index (χ2n) is 19.7. The lowest BCUT2D eigenvalue weighted by atomic mass is 9.70. The Labute approximate surface area is 424 Å². The van der Waals surface area contributed by atoms with E-state index in [1.807, 2.05) is 0 Å². The van der Waals surface area contributed by atoms with Crippen LogP contribution < -0.4 is 41.5 Å². The Morgan fingerprint density at radius 3 is 0.761 bits per heavy atom. The van der Waals surface area contributed by atoms with Crippen LogP contribution in [0.2, 0.25) is 0 Å². The molecule has 1 aliphatic rings. The fourth-order valence-corrected chi connectivity index (χ4v) is 21.9. The molecule has 11 rings (SSSR count). The normalized spacial score (nSPS) is 12.8. The van der Waals surface area contributed by atoms with Crippen molar-refractivity contribution in [2.75, 3.05) is 0 Å². The van der Waals surface area contributed by atoms with Crippen LogP contribution in [0.4, 0.5) is 0 Å². The average molecular weight is 947 g/mol. The molecule has 10 aromatic carbocycles. The van der Waals surface area contributed by atoms with E-state index in [9.17, 15) is 0 Å². The maximum atomic E-state index is 2.58. The highest BCUT2D eigenvalue weighted by Crippen LogP contribution is 2.55. The van der Waals surface area contributed by atoms with Gasteiger partial charge in [-0.1, -0.05) is 294 Å². The quantitative estimate of drug-likeness (QED) is 0.0669. The predicted molar refractivity (Wildman–Crippen MR) is 310 cm³/mol. The molecule has 0 bridgehead atoms. The maximum absolute atomic E-state index is 2.63. The number of fused-ring (bicyclic) bond motifs is 3. The Morgan fingerprint density at radius 2 is 0.507 bits per heavy atom. The van der Waals surface area contributed by atoms with Gasteiger partial charge in [-0.05, 0) is 111 Å². The molecule has 0 saturated heterocycles. The van der Waals surface area contributed by atoms with Crippen molar-refractivity contribution in [3.8, 4) is 33.4 Å². The van der Waals surface area contributed by atoms with E-state index in [-0.39, 0.29) is 5.41 Å². The molecule has 0 heterocycles. The highest BCUT2D eigenvalue weighted by molar-refractivity contribution is 7.20. The molecule has 0 spiro atoms. The van der Waals surface area contributed by atoms with E-state index in [0.29, 0.717) is 0 Å². The molecule has 0 N–H and O–H groups in total. The summed E-state index contributed by atoms with van der Waals surface area (Å²) in [5.74, 6) is 0. The minimum absolute atomic E-state index is 0.0609. The van der Waals surface area contributed by atoms with Crippen molar-refractivity contribution in [1.29, 1.82) is 0 Å². The molecule has 0 amide bonds. The molecule has 2 heteroatoms. The SMILES string of the molecule is CCCCC1(CCCC)c2cc(-c3ccc([Si](c4ccccc4)(c4ccccc4)c4ccccc4)cc3)ccc2-c2ccc(-c3ccc([Si](c4ccccc4)(c4ccccc4)c4ccccc4)cc3)cc21. The van der Waals surface area contributed by atoms with Crippen LogP contribution in [0.15, 0.2) is 267 Å². The van der Waals surface area contributed by atoms with Gasteiger partial charge in [-0.2, -0.15) is 0 Å². The minimum atomic E-state index is -2.63. The number of benzene rings is 10. The number of hydrogen-bond acceptors (Lipinski definition) is 0. The summed E-state index contributed by atoms with van der Waals surface area (Å²) in [7, 11) is -5.26. The van der Waals surface area contributed by atoms with Crippen LogP contribution in [-0.2, 0) is 5.41 Å². The Morgan fingerprint density at radius 1 is 0.268 bits per heavy atom. The minimum Gasteiger partial charge on any atom is -0.0654 e. The van der Waals surface area contributed by atoms with Crippen LogP contribution in [0.1, 0.15) is 63.5 Å². The molecule has 0 fully saturated rings. The second kappa shape index (κ2) is 20.2. The Balaban J connectivity index is 1.00. The van der Waals surface area contributed by atoms with Gasteiger partial charge in [-0.3, -0.25) is 0 Å². The van der Waals surface area contributed by atoms with Crippen molar-refractivity contribution in [1.82, 2.24) is 0 Å². The summed E-state index contributed by atoms with van der Waals surface area (Å²) in [6.45, 7) is 4.71. The monoisotopic (exact) mass is 946 g/mol. The second-order valence-corrected chi connectivity index (χ2v) is 27.3. The highest BCUT2D eigenvalue weighted by atomic mass is 28.3. The van der Waals surface area contributed by atoms with Crippen LogP contribution in [0, 0.1) is 0 Å². The highest BCUT2D eigenvalue weighted by Gasteiger charge is 2.44. The maximum Gasteiger partial charge on any atom is 0.179 e. The Bertz CT molecular complexity index is 2910. The first-order valence-electron chi connectivity index (χ1n) is 26.0. The van der Waals surface area contributed by atoms with E-state index in [0.717, 1.165) is 12.8 Å². The van der Waals surface area contributed by atoms with Crippen molar-refractivity contribution in [2.24, 2.45) is 0 Å².